The molecule has 1 aromatic carbocycles. The Bertz CT molecular complexity index is 504. The Morgan fingerprint density at radius 1 is 1.24 bits per heavy atom. The molecule has 116 valence electrons. The molecule has 1 N–H and O–H groups in total. The first-order valence-electron chi connectivity index (χ1n) is 7.92. The van der Waals surface area contributed by atoms with Gasteiger partial charge in [-0.1, -0.05) is 43.0 Å². The first-order chi connectivity index (χ1) is 9.93. The highest BCUT2D eigenvalue weighted by Crippen LogP contribution is 2.36. The maximum atomic E-state index is 11.3. The maximum absolute atomic E-state index is 11.3. The van der Waals surface area contributed by atoms with Crippen LogP contribution in [0.15, 0.2) is 18.2 Å². The molecule has 0 saturated heterocycles. The van der Waals surface area contributed by atoms with Crippen LogP contribution in [-0.4, -0.2) is 28.6 Å². The van der Waals surface area contributed by atoms with Gasteiger partial charge in [0.15, 0.2) is 0 Å². The van der Waals surface area contributed by atoms with Gasteiger partial charge in [0.2, 0.25) is 0 Å². The molecule has 1 aromatic rings. The molecule has 1 saturated carbocycles. The third-order valence-corrected chi connectivity index (χ3v) is 4.99. The van der Waals surface area contributed by atoms with Gasteiger partial charge in [0.05, 0.1) is 6.42 Å². The van der Waals surface area contributed by atoms with Crippen molar-refractivity contribution in [3.05, 3.63) is 34.9 Å². The third-order valence-electron chi connectivity index (χ3n) is 4.99. The molecular formula is C18H27NO2. The fourth-order valence-corrected chi connectivity index (χ4v) is 3.58. The lowest BCUT2D eigenvalue weighted by molar-refractivity contribution is -0.141. The third kappa shape index (κ3) is 3.85. The average Bonchev–Trinajstić information content (AvgIpc) is 2.43. The average molecular weight is 289 g/mol. The van der Waals surface area contributed by atoms with Crippen molar-refractivity contribution in [2.24, 2.45) is 0 Å². The zero-order valence-electron chi connectivity index (χ0n) is 13.5. The van der Waals surface area contributed by atoms with Gasteiger partial charge in [-0.05, 0) is 44.9 Å². The lowest BCUT2D eigenvalue weighted by Gasteiger charge is -2.44. The molecule has 3 heteroatoms. The zero-order valence-corrected chi connectivity index (χ0v) is 13.5. The van der Waals surface area contributed by atoms with Crippen molar-refractivity contribution < 1.29 is 9.90 Å². The molecule has 0 radical (unpaired) electrons. The molecule has 0 atom stereocenters. The van der Waals surface area contributed by atoms with E-state index in [-0.39, 0.29) is 12.0 Å². The highest BCUT2D eigenvalue weighted by Gasteiger charge is 2.38. The summed E-state index contributed by atoms with van der Waals surface area (Å²) >= 11 is 0. The van der Waals surface area contributed by atoms with Crippen LogP contribution in [0, 0.1) is 13.8 Å². The highest BCUT2D eigenvalue weighted by atomic mass is 16.4. The quantitative estimate of drug-likeness (QED) is 0.893. The number of carboxylic acid groups (broad SMARTS) is 1. The van der Waals surface area contributed by atoms with Crippen LogP contribution in [0.4, 0.5) is 0 Å². The molecule has 3 nitrogen and oxygen atoms in total. The topological polar surface area (TPSA) is 40.5 Å². The van der Waals surface area contributed by atoms with Gasteiger partial charge < -0.3 is 5.11 Å². The van der Waals surface area contributed by atoms with Gasteiger partial charge in [0, 0.05) is 12.1 Å². The first kappa shape index (κ1) is 16.0. The van der Waals surface area contributed by atoms with E-state index in [9.17, 15) is 9.90 Å². The van der Waals surface area contributed by atoms with E-state index in [0.717, 1.165) is 32.2 Å². The van der Waals surface area contributed by atoms with Gasteiger partial charge >= 0.3 is 5.97 Å². The van der Waals surface area contributed by atoms with Crippen molar-refractivity contribution >= 4 is 5.97 Å². The lowest BCUT2D eigenvalue weighted by Crippen LogP contribution is -2.49. The van der Waals surface area contributed by atoms with Crippen molar-refractivity contribution in [3.63, 3.8) is 0 Å². The molecule has 0 aliphatic heterocycles. The Kier molecular flexibility index (Phi) is 5.04. The molecule has 0 spiro atoms. The summed E-state index contributed by atoms with van der Waals surface area (Å²) in [6.45, 7) is 5.07. The number of benzene rings is 1. The van der Waals surface area contributed by atoms with E-state index < -0.39 is 5.97 Å². The number of aliphatic carboxylic acids is 1. The molecule has 2 rings (SSSR count). The summed E-state index contributed by atoms with van der Waals surface area (Å²) in [5.41, 5.74) is 3.70. The van der Waals surface area contributed by atoms with Crippen LogP contribution in [0.25, 0.3) is 0 Å². The van der Waals surface area contributed by atoms with Crippen molar-refractivity contribution in [1.82, 2.24) is 4.90 Å². The van der Waals surface area contributed by atoms with E-state index in [0.29, 0.717) is 0 Å². The fourth-order valence-electron chi connectivity index (χ4n) is 3.58. The second kappa shape index (κ2) is 6.61. The summed E-state index contributed by atoms with van der Waals surface area (Å²) in [6, 6.07) is 6.51. The second-order valence-corrected chi connectivity index (χ2v) is 6.64. The van der Waals surface area contributed by atoms with Crippen LogP contribution in [-0.2, 0) is 11.3 Å². The Labute approximate surface area is 128 Å². The summed E-state index contributed by atoms with van der Waals surface area (Å²) in [7, 11) is 2.09. The van der Waals surface area contributed by atoms with Crippen molar-refractivity contribution in [2.75, 3.05) is 7.05 Å². The second-order valence-electron chi connectivity index (χ2n) is 6.64. The van der Waals surface area contributed by atoms with Gasteiger partial charge in [0.1, 0.15) is 0 Å². The molecule has 0 bridgehead atoms. The van der Waals surface area contributed by atoms with Crippen LogP contribution in [0.2, 0.25) is 0 Å². The number of aryl methyl sites for hydroxylation is 2. The summed E-state index contributed by atoms with van der Waals surface area (Å²) in [5.74, 6) is -0.676. The molecule has 1 fully saturated rings. The Morgan fingerprint density at radius 2 is 1.90 bits per heavy atom. The Morgan fingerprint density at radius 3 is 2.52 bits per heavy atom. The van der Waals surface area contributed by atoms with E-state index in [1.165, 1.54) is 23.1 Å². The summed E-state index contributed by atoms with van der Waals surface area (Å²) in [6.07, 6.45) is 5.78. The molecule has 21 heavy (non-hydrogen) atoms. The van der Waals surface area contributed by atoms with Crippen LogP contribution in [0.1, 0.15) is 55.2 Å². The molecule has 0 heterocycles. The maximum Gasteiger partial charge on any atom is 0.305 e. The number of rotatable bonds is 5. The molecule has 0 aromatic heterocycles. The van der Waals surface area contributed by atoms with Crippen molar-refractivity contribution in [2.45, 2.75) is 64.5 Å². The van der Waals surface area contributed by atoms with Crippen LogP contribution in [0.5, 0.6) is 0 Å². The zero-order chi connectivity index (χ0) is 15.5. The lowest BCUT2D eigenvalue weighted by atomic mass is 9.78. The standard InChI is InChI=1S/C18H27NO2/c1-14-7-8-15(2)16(11-14)13-19(3)18(12-17(20)21)9-5-4-6-10-18/h7-8,11H,4-6,9-10,12-13H2,1-3H3,(H,20,21). The van der Waals surface area contributed by atoms with Gasteiger partial charge in [-0.2, -0.15) is 0 Å². The Hall–Kier alpha value is -1.35. The summed E-state index contributed by atoms with van der Waals surface area (Å²) < 4.78 is 0. The first-order valence-corrected chi connectivity index (χ1v) is 7.92. The number of hydrogen-bond donors (Lipinski definition) is 1. The number of carboxylic acids is 1. The van der Waals surface area contributed by atoms with Gasteiger partial charge in [-0.3, -0.25) is 9.69 Å². The van der Waals surface area contributed by atoms with Gasteiger partial charge in [-0.25, -0.2) is 0 Å². The van der Waals surface area contributed by atoms with Crippen LogP contribution < -0.4 is 0 Å². The van der Waals surface area contributed by atoms with E-state index >= 15 is 0 Å². The number of nitrogens with zero attached hydrogens (tertiary/aromatic N) is 1. The predicted molar refractivity (Wildman–Crippen MR) is 85.5 cm³/mol. The molecule has 0 unspecified atom stereocenters. The minimum Gasteiger partial charge on any atom is -0.481 e. The molecule has 1 aliphatic carbocycles. The summed E-state index contributed by atoms with van der Waals surface area (Å²) in [4.78, 5) is 13.6. The molecule has 1 aliphatic rings. The molecule has 0 amide bonds. The number of carbonyl (C=O) groups is 1. The fraction of sp³-hybridized carbons (Fsp3) is 0.611. The Balaban J connectivity index is 2.19. The predicted octanol–water partition coefficient (Wildman–Crippen LogP) is 3.91. The van der Waals surface area contributed by atoms with E-state index in [1.54, 1.807) is 0 Å². The number of hydrogen-bond acceptors (Lipinski definition) is 2. The van der Waals surface area contributed by atoms with E-state index in [4.69, 9.17) is 0 Å². The van der Waals surface area contributed by atoms with Gasteiger partial charge in [0.25, 0.3) is 0 Å². The van der Waals surface area contributed by atoms with Crippen LogP contribution >= 0.6 is 0 Å². The normalized spacial score (nSPS) is 17.9. The smallest absolute Gasteiger partial charge is 0.305 e. The monoisotopic (exact) mass is 289 g/mol. The van der Waals surface area contributed by atoms with Crippen molar-refractivity contribution in [1.29, 1.82) is 0 Å². The highest BCUT2D eigenvalue weighted by molar-refractivity contribution is 5.68. The van der Waals surface area contributed by atoms with Crippen molar-refractivity contribution in [3.8, 4) is 0 Å². The van der Waals surface area contributed by atoms with Crippen LogP contribution in [0.3, 0.4) is 0 Å². The van der Waals surface area contributed by atoms with Gasteiger partial charge in [-0.15, -0.1) is 0 Å². The van der Waals surface area contributed by atoms with E-state index in [1.807, 2.05) is 0 Å². The summed E-state index contributed by atoms with van der Waals surface area (Å²) in [5, 5.41) is 9.32. The van der Waals surface area contributed by atoms with E-state index in [2.05, 4.69) is 44.0 Å². The minimum absolute atomic E-state index is 0.166. The SMILES string of the molecule is Cc1ccc(C)c(CN(C)C2(CC(=O)O)CCCCC2)c1. The molecular weight excluding hydrogens is 262 g/mol. The largest absolute Gasteiger partial charge is 0.481 e. The minimum atomic E-state index is -0.676.